The van der Waals surface area contributed by atoms with E-state index in [2.05, 4.69) is 20.7 Å². The van der Waals surface area contributed by atoms with Crippen LogP contribution in [0.5, 0.6) is 0 Å². The average Bonchev–Trinajstić information content (AvgIpc) is 2.93. The van der Waals surface area contributed by atoms with E-state index in [4.69, 9.17) is 0 Å². The number of carbonyl (C=O) groups excluding carboxylic acids is 1. The molecule has 0 atom stereocenters. The lowest BCUT2D eigenvalue weighted by atomic mass is 10.2. The molecule has 1 heterocycles. The van der Waals surface area contributed by atoms with Gasteiger partial charge in [-0.05, 0) is 37.5 Å². The number of rotatable bonds is 4. The highest BCUT2D eigenvalue weighted by atomic mass is 79.9. The van der Waals surface area contributed by atoms with Crippen molar-refractivity contribution in [3.63, 3.8) is 0 Å². The van der Waals surface area contributed by atoms with Crippen LogP contribution in [0.3, 0.4) is 0 Å². The molecule has 0 bridgehead atoms. The topological polar surface area (TPSA) is 66.5 Å². The van der Waals surface area contributed by atoms with Crippen molar-refractivity contribution in [1.82, 2.24) is 9.62 Å². The zero-order chi connectivity index (χ0) is 14.8. The predicted molar refractivity (Wildman–Crippen MR) is 79.9 cm³/mol. The number of halogens is 1. The lowest BCUT2D eigenvalue weighted by Gasteiger charge is -2.16. The first kappa shape index (κ1) is 15.5. The number of likely N-dealkylation sites (tertiary alicyclic amines) is 1. The standard InChI is InChI=1S/C13H17BrN2O3S/c1-10-4-5-11(14)8-12(10)20(18,19)15-9-13(17)16-6-2-3-7-16/h4-5,8,15H,2-3,6-7,9H2,1H3. The molecule has 0 aromatic heterocycles. The number of benzene rings is 1. The summed E-state index contributed by atoms with van der Waals surface area (Å²) in [5.41, 5.74) is 0.648. The lowest BCUT2D eigenvalue weighted by molar-refractivity contribution is -0.128. The Balaban J connectivity index is 2.07. The number of amides is 1. The molecule has 1 aromatic carbocycles. The fourth-order valence-electron chi connectivity index (χ4n) is 2.18. The highest BCUT2D eigenvalue weighted by Crippen LogP contribution is 2.20. The van der Waals surface area contributed by atoms with Gasteiger partial charge in [-0.25, -0.2) is 13.1 Å². The Morgan fingerprint density at radius 2 is 2.00 bits per heavy atom. The third kappa shape index (κ3) is 3.59. The molecule has 20 heavy (non-hydrogen) atoms. The fraction of sp³-hybridized carbons (Fsp3) is 0.462. The predicted octanol–water partition coefficient (Wildman–Crippen LogP) is 1.66. The Hall–Kier alpha value is -0.920. The van der Waals surface area contributed by atoms with Crippen LogP contribution >= 0.6 is 15.9 Å². The molecule has 0 aliphatic carbocycles. The Morgan fingerprint density at radius 1 is 1.35 bits per heavy atom. The summed E-state index contributed by atoms with van der Waals surface area (Å²) in [7, 11) is -3.67. The van der Waals surface area contributed by atoms with Gasteiger partial charge in [0.1, 0.15) is 0 Å². The van der Waals surface area contributed by atoms with Crippen LogP contribution in [0, 0.1) is 6.92 Å². The molecule has 1 amide bonds. The summed E-state index contributed by atoms with van der Waals surface area (Å²) in [6, 6.07) is 5.04. The van der Waals surface area contributed by atoms with E-state index in [9.17, 15) is 13.2 Å². The monoisotopic (exact) mass is 360 g/mol. The van der Waals surface area contributed by atoms with Gasteiger partial charge in [0.2, 0.25) is 15.9 Å². The maximum absolute atomic E-state index is 12.2. The van der Waals surface area contributed by atoms with Crippen molar-refractivity contribution in [2.45, 2.75) is 24.7 Å². The number of hydrogen-bond acceptors (Lipinski definition) is 3. The molecular formula is C13H17BrN2O3S. The van der Waals surface area contributed by atoms with E-state index < -0.39 is 10.0 Å². The Kier molecular flexibility index (Phi) is 4.82. The Morgan fingerprint density at radius 3 is 2.65 bits per heavy atom. The van der Waals surface area contributed by atoms with Gasteiger partial charge in [-0.2, -0.15) is 0 Å². The van der Waals surface area contributed by atoms with Crippen molar-refractivity contribution in [2.24, 2.45) is 0 Å². The highest BCUT2D eigenvalue weighted by molar-refractivity contribution is 9.10. The smallest absolute Gasteiger partial charge is 0.241 e. The SMILES string of the molecule is Cc1ccc(Br)cc1S(=O)(=O)NCC(=O)N1CCCC1. The molecule has 0 radical (unpaired) electrons. The van der Waals surface area contributed by atoms with E-state index in [1.807, 2.05) is 0 Å². The van der Waals surface area contributed by atoms with Gasteiger partial charge in [0, 0.05) is 17.6 Å². The minimum Gasteiger partial charge on any atom is -0.342 e. The van der Waals surface area contributed by atoms with Crippen molar-refractivity contribution in [2.75, 3.05) is 19.6 Å². The van der Waals surface area contributed by atoms with Gasteiger partial charge in [-0.1, -0.05) is 22.0 Å². The first-order chi connectivity index (χ1) is 9.40. The third-order valence-corrected chi connectivity index (χ3v) is 5.35. The number of nitrogens with zero attached hydrogens (tertiary/aromatic N) is 1. The fourth-order valence-corrected chi connectivity index (χ4v) is 3.93. The molecule has 7 heteroatoms. The number of sulfonamides is 1. The van der Waals surface area contributed by atoms with E-state index >= 15 is 0 Å². The van der Waals surface area contributed by atoms with Gasteiger partial charge >= 0.3 is 0 Å². The Labute approximate surface area is 127 Å². The van der Waals surface area contributed by atoms with E-state index in [1.165, 1.54) is 6.07 Å². The summed E-state index contributed by atoms with van der Waals surface area (Å²) >= 11 is 3.26. The molecule has 0 saturated carbocycles. The van der Waals surface area contributed by atoms with Crippen LogP contribution < -0.4 is 4.72 Å². The molecule has 0 unspecified atom stereocenters. The van der Waals surface area contributed by atoms with Crippen molar-refractivity contribution in [1.29, 1.82) is 0 Å². The maximum Gasteiger partial charge on any atom is 0.241 e. The largest absolute Gasteiger partial charge is 0.342 e. The van der Waals surface area contributed by atoms with Crippen molar-refractivity contribution < 1.29 is 13.2 Å². The minimum absolute atomic E-state index is 0.168. The van der Waals surface area contributed by atoms with Crippen LogP contribution in [0.2, 0.25) is 0 Å². The van der Waals surface area contributed by atoms with Gasteiger partial charge in [0.05, 0.1) is 11.4 Å². The molecule has 1 fully saturated rings. The zero-order valence-electron chi connectivity index (χ0n) is 11.2. The van der Waals surface area contributed by atoms with E-state index in [-0.39, 0.29) is 17.3 Å². The minimum atomic E-state index is -3.67. The number of carbonyl (C=O) groups is 1. The summed E-state index contributed by atoms with van der Waals surface area (Å²) in [6.07, 6.45) is 1.98. The molecule has 1 N–H and O–H groups in total. The average molecular weight is 361 g/mol. The number of aryl methyl sites for hydroxylation is 1. The van der Waals surface area contributed by atoms with Crippen LogP contribution in [0.25, 0.3) is 0 Å². The number of hydrogen-bond donors (Lipinski definition) is 1. The lowest BCUT2D eigenvalue weighted by Crippen LogP contribution is -2.38. The number of nitrogens with one attached hydrogen (secondary N) is 1. The van der Waals surface area contributed by atoms with Gasteiger partial charge in [0.25, 0.3) is 0 Å². The summed E-state index contributed by atoms with van der Waals surface area (Å²) in [4.78, 5) is 13.8. The van der Waals surface area contributed by atoms with Crippen molar-refractivity contribution in [3.05, 3.63) is 28.2 Å². The van der Waals surface area contributed by atoms with E-state index in [0.29, 0.717) is 10.0 Å². The second-order valence-electron chi connectivity index (χ2n) is 4.82. The normalized spacial score (nSPS) is 15.6. The molecular weight excluding hydrogens is 344 g/mol. The quantitative estimate of drug-likeness (QED) is 0.887. The maximum atomic E-state index is 12.2. The van der Waals surface area contributed by atoms with Crippen LogP contribution in [-0.4, -0.2) is 38.9 Å². The molecule has 1 aromatic rings. The molecule has 0 spiro atoms. The molecule has 1 saturated heterocycles. The van der Waals surface area contributed by atoms with Gasteiger partial charge in [0.15, 0.2) is 0 Å². The summed E-state index contributed by atoms with van der Waals surface area (Å²) < 4.78 is 27.5. The molecule has 110 valence electrons. The van der Waals surface area contributed by atoms with Crippen LogP contribution in [0.15, 0.2) is 27.6 Å². The first-order valence-corrected chi connectivity index (χ1v) is 8.71. The first-order valence-electron chi connectivity index (χ1n) is 6.44. The molecule has 2 rings (SSSR count). The van der Waals surface area contributed by atoms with Gasteiger partial charge in [-0.3, -0.25) is 4.79 Å². The van der Waals surface area contributed by atoms with Crippen LogP contribution in [0.4, 0.5) is 0 Å². The van der Waals surface area contributed by atoms with E-state index in [1.54, 1.807) is 24.0 Å². The van der Waals surface area contributed by atoms with Gasteiger partial charge in [-0.15, -0.1) is 0 Å². The summed E-state index contributed by atoms with van der Waals surface area (Å²) in [6.45, 7) is 2.98. The van der Waals surface area contributed by atoms with Crippen LogP contribution in [-0.2, 0) is 14.8 Å². The second-order valence-corrected chi connectivity index (χ2v) is 7.47. The molecule has 1 aliphatic heterocycles. The second kappa shape index (κ2) is 6.24. The van der Waals surface area contributed by atoms with E-state index in [0.717, 1.165) is 25.9 Å². The van der Waals surface area contributed by atoms with Crippen molar-refractivity contribution >= 4 is 31.9 Å². The Bertz CT molecular complexity index is 610. The summed E-state index contributed by atoms with van der Waals surface area (Å²) in [5.74, 6) is -0.168. The van der Waals surface area contributed by atoms with Crippen LogP contribution in [0.1, 0.15) is 18.4 Å². The zero-order valence-corrected chi connectivity index (χ0v) is 13.6. The van der Waals surface area contributed by atoms with Gasteiger partial charge < -0.3 is 4.90 Å². The third-order valence-electron chi connectivity index (χ3n) is 3.31. The molecule has 5 nitrogen and oxygen atoms in total. The highest BCUT2D eigenvalue weighted by Gasteiger charge is 2.22. The summed E-state index contributed by atoms with van der Waals surface area (Å²) in [5, 5.41) is 0. The molecule has 1 aliphatic rings. The van der Waals surface area contributed by atoms with Crippen molar-refractivity contribution in [3.8, 4) is 0 Å².